The van der Waals surface area contributed by atoms with E-state index in [1.165, 1.54) is 5.69 Å². The van der Waals surface area contributed by atoms with Crippen LogP contribution in [0.3, 0.4) is 0 Å². The summed E-state index contributed by atoms with van der Waals surface area (Å²) in [6.45, 7) is 12.2. The minimum atomic E-state index is -0.749. The molecule has 1 saturated heterocycles. The molecular weight excluding hydrogens is 548 g/mol. The summed E-state index contributed by atoms with van der Waals surface area (Å²) in [5.41, 5.74) is 5.93. The number of hydrogen-bond acceptors (Lipinski definition) is 6. The van der Waals surface area contributed by atoms with E-state index in [1.54, 1.807) is 12.1 Å². The van der Waals surface area contributed by atoms with Crippen molar-refractivity contribution in [1.82, 2.24) is 10.2 Å². The van der Waals surface area contributed by atoms with Crippen LogP contribution in [0.25, 0.3) is 0 Å². The van der Waals surface area contributed by atoms with Crippen LogP contribution >= 0.6 is 0 Å². The van der Waals surface area contributed by atoms with Crippen LogP contribution in [0.2, 0.25) is 0 Å². The van der Waals surface area contributed by atoms with Crippen LogP contribution in [0.4, 0.5) is 11.4 Å². The molecule has 0 saturated carbocycles. The van der Waals surface area contributed by atoms with Gasteiger partial charge in [0.15, 0.2) is 23.1 Å². The number of carbonyl (C=O) groups is 2. The molecule has 0 aromatic heterocycles. The number of allylic oxidation sites excluding steroid dienone is 3. The standard InChI is InChI=1S/C37H38N4O3/c1-37(2,3)24-14-15-28-30(22-24)44-31-23-29(32-33(34(31)39-28)36(43)27-13-8-7-12-26(27)35(32)42)38-16-9-17-40-18-20-41(21-19-40)25-10-5-4-6-11-25/h4-8,10-15,22-23,33,38H,9,16-21H2,1-3H3/p+1. The number of piperazine rings is 1. The van der Waals surface area contributed by atoms with E-state index >= 15 is 0 Å². The Bertz CT molecular complexity index is 1720. The predicted octanol–water partition coefficient (Wildman–Crippen LogP) is 4.18. The van der Waals surface area contributed by atoms with Gasteiger partial charge in [0.1, 0.15) is 5.92 Å². The number of rotatable bonds is 6. The minimum absolute atomic E-state index is 0.0350. The Labute approximate surface area is 258 Å². The Balaban J connectivity index is 1.12. The molecule has 3 aromatic rings. The smallest absolute Gasteiger partial charge is 0.246 e. The monoisotopic (exact) mass is 587 g/mol. The molecule has 44 heavy (non-hydrogen) atoms. The van der Waals surface area contributed by atoms with Crippen LogP contribution in [-0.2, 0) is 5.41 Å². The van der Waals surface area contributed by atoms with E-state index in [9.17, 15) is 9.59 Å². The van der Waals surface area contributed by atoms with Crippen LogP contribution in [0, 0.1) is 5.92 Å². The van der Waals surface area contributed by atoms with Crippen LogP contribution < -0.4 is 19.9 Å². The number of nitrogens with zero attached hydrogens (tertiary/aromatic N) is 2. The third-order valence-corrected chi connectivity index (χ3v) is 9.15. The van der Waals surface area contributed by atoms with Crippen LogP contribution in [0.15, 0.2) is 95.9 Å². The predicted molar refractivity (Wildman–Crippen MR) is 173 cm³/mol. The van der Waals surface area contributed by atoms with Crippen molar-refractivity contribution in [2.75, 3.05) is 44.2 Å². The lowest BCUT2D eigenvalue weighted by Gasteiger charge is -2.36. The maximum Gasteiger partial charge on any atom is 0.246 e. The zero-order valence-electron chi connectivity index (χ0n) is 25.7. The van der Waals surface area contributed by atoms with Gasteiger partial charge in [-0.25, -0.2) is 4.99 Å². The maximum absolute atomic E-state index is 14.0. The molecule has 4 aliphatic rings. The molecule has 1 fully saturated rings. The summed E-state index contributed by atoms with van der Waals surface area (Å²) in [4.78, 5) is 36.3. The molecule has 224 valence electrons. The van der Waals surface area contributed by atoms with Gasteiger partial charge in [0.25, 0.3) is 0 Å². The van der Waals surface area contributed by atoms with E-state index in [-0.39, 0.29) is 17.0 Å². The first kappa shape index (κ1) is 28.3. The van der Waals surface area contributed by atoms with E-state index in [4.69, 9.17) is 4.74 Å². The SMILES string of the molecule is CC(C)(C)c1ccc2c(c1)OC1=CC(NCCCN3CCN(c4ccccc4)CC3)=C3C(=O)c4ccccc4C(=O)C3C1=[NH+]2. The van der Waals surface area contributed by atoms with Crippen molar-refractivity contribution >= 4 is 28.7 Å². The fraction of sp³-hybridized carbons (Fsp3) is 0.324. The van der Waals surface area contributed by atoms with Crippen molar-refractivity contribution in [2.45, 2.75) is 32.6 Å². The molecule has 7 rings (SSSR count). The summed E-state index contributed by atoms with van der Waals surface area (Å²) in [7, 11) is 0. The molecule has 0 bridgehead atoms. The van der Waals surface area contributed by atoms with Gasteiger partial charge in [-0.2, -0.15) is 0 Å². The molecule has 0 radical (unpaired) electrons. The number of para-hydroxylation sites is 1. The normalized spacial score (nSPS) is 19.7. The largest absolute Gasteiger partial charge is 0.444 e. The molecular formula is C37H39N4O3+. The van der Waals surface area contributed by atoms with Crippen LogP contribution in [0.5, 0.6) is 5.75 Å². The van der Waals surface area contributed by atoms with E-state index in [1.807, 2.05) is 24.3 Å². The average Bonchev–Trinajstić information content (AvgIpc) is 3.04. The van der Waals surface area contributed by atoms with Gasteiger partial charge in [-0.15, -0.1) is 0 Å². The van der Waals surface area contributed by atoms with Crippen molar-refractivity contribution in [3.63, 3.8) is 0 Å². The van der Waals surface area contributed by atoms with Crippen molar-refractivity contribution in [2.24, 2.45) is 5.92 Å². The minimum Gasteiger partial charge on any atom is -0.444 e. The molecule has 0 spiro atoms. The Morgan fingerprint density at radius 1 is 0.909 bits per heavy atom. The van der Waals surface area contributed by atoms with Gasteiger partial charge in [0.2, 0.25) is 11.4 Å². The Morgan fingerprint density at radius 3 is 2.39 bits per heavy atom. The van der Waals surface area contributed by atoms with Gasteiger partial charge < -0.3 is 15.0 Å². The van der Waals surface area contributed by atoms with Crippen molar-refractivity contribution < 1.29 is 19.3 Å². The molecule has 1 atom stereocenters. The average molecular weight is 588 g/mol. The summed E-state index contributed by atoms with van der Waals surface area (Å²) >= 11 is 0. The highest BCUT2D eigenvalue weighted by Crippen LogP contribution is 2.39. The summed E-state index contributed by atoms with van der Waals surface area (Å²) < 4.78 is 6.48. The maximum atomic E-state index is 14.0. The zero-order valence-corrected chi connectivity index (χ0v) is 25.7. The molecule has 0 amide bonds. The topological polar surface area (TPSA) is 75.9 Å². The third kappa shape index (κ3) is 5.15. The number of Topliss-reactive ketones (excluding diaryl/α,β-unsaturated/α-hetero) is 2. The first-order chi connectivity index (χ1) is 21.3. The lowest BCUT2D eigenvalue weighted by Crippen LogP contribution is -2.72. The van der Waals surface area contributed by atoms with Crippen LogP contribution in [0.1, 0.15) is 53.5 Å². The molecule has 2 heterocycles. The molecule has 2 aliphatic carbocycles. The number of carbonyl (C=O) groups excluding carboxylic acids is 2. The first-order valence-corrected chi connectivity index (χ1v) is 15.6. The Kier molecular flexibility index (Phi) is 7.21. The van der Waals surface area contributed by atoms with Gasteiger partial charge in [-0.05, 0) is 42.1 Å². The summed E-state index contributed by atoms with van der Waals surface area (Å²) in [5, 5.41) is 3.54. The van der Waals surface area contributed by atoms with E-state index in [2.05, 4.69) is 83.3 Å². The first-order valence-electron chi connectivity index (χ1n) is 15.6. The van der Waals surface area contributed by atoms with Crippen LogP contribution in [-0.4, -0.2) is 61.4 Å². The molecule has 7 nitrogen and oxygen atoms in total. The highest BCUT2D eigenvalue weighted by molar-refractivity contribution is 6.32. The summed E-state index contributed by atoms with van der Waals surface area (Å²) in [6, 6.07) is 23.9. The number of ether oxygens (including phenoxy) is 1. The molecule has 1 unspecified atom stereocenters. The van der Waals surface area contributed by atoms with Crippen molar-refractivity contribution in [3.8, 4) is 5.75 Å². The van der Waals surface area contributed by atoms with Gasteiger partial charge in [0, 0.05) is 73.0 Å². The number of hydrogen-bond donors (Lipinski definition) is 2. The molecule has 2 N–H and O–H groups in total. The number of nitrogens with one attached hydrogen (secondary N) is 2. The summed E-state index contributed by atoms with van der Waals surface area (Å²) in [5.74, 6) is 0.360. The Morgan fingerprint density at radius 2 is 1.64 bits per heavy atom. The zero-order chi connectivity index (χ0) is 30.4. The lowest BCUT2D eigenvalue weighted by atomic mass is 9.72. The van der Waals surface area contributed by atoms with Gasteiger partial charge in [0.05, 0.1) is 0 Å². The van der Waals surface area contributed by atoms with E-state index in [0.29, 0.717) is 40.4 Å². The fourth-order valence-electron chi connectivity index (χ4n) is 6.64. The highest BCUT2D eigenvalue weighted by atomic mass is 16.5. The van der Waals surface area contributed by atoms with Gasteiger partial charge in [-0.1, -0.05) is 69.3 Å². The second-order valence-corrected chi connectivity index (χ2v) is 13.1. The number of ketones is 2. The highest BCUT2D eigenvalue weighted by Gasteiger charge is 2.49. The molecule has 3 aromatic carbocycles. The second kappa shape index (κ2) is 11.2. The van der Waals surface area contributed by atoms with E-state index < -0.39 is 5.92 Å². The quantitative estimate of drug-likeness (QED) is 0.422. The number of anilines is 1. The number of fused-ring (bicyclic) bond motifs is 5. The molecule has 7 heteroatoms. The second-order valence-electron chi connectivity index (χ2n) is 13.1. The third-order valence-electron chi connectivity index (χ3n) is 9.15. The van der Waals surface area contributed by atoms with E-state index in [0.717, 1.165) is 56.1 Å². The molecule has 2 aliphatic heterocycles. The Hall–Kier alpha value is -4.49. The lowest BCUT2D eigenvalue weighted by molar-refractivity contribution is -0.361. The number of benzene rings is 3. The van der Waals surface area contributed by atoms with Gasteiger partial charge in [-0.3, -0.25) is 14.5 Å². The van der Waals surface area contributed by atoms with Crippen molar-refractivity contribution in [1.29, 1.82) is 0 Å². The van der Waals surface area contributed by atoms with Gasteiger partial charge >= 0.3 is 0 Å². The summed E-state index contributed by atoms with van der Waals surface area (Å²) in [6.07, 6.45) is 2.82. The fourth-order valence-corrected chi connectivity index (χ4v) is 6.64. The van der Waals surface area contributed by atoms with Crippen molar-refractivity contribution in [3.05, 3.63) is 113 Å².